The summed E-state index contributed by atoms with van der Waals surface area (Å²) in [6, 6.07) is -0.0960. The van der Waals surface area contributed by atoms with Crippen molar-refractivity contribution in [3.63, 3.8) is 0 Å². The van der Waals surface area contributed by atoms with Crippen molar-refractivity contribution in [2.24, 2.45) is 11.7 Å². The number of likely N-dealkylation sites (tertiary alicyclic amines) is 2. The number of rotatable bonds is 6. The van der Waals surface area contributed by atoms with Crippen LogP contribution in [0.25, 0.3) is 0 Å². The zero-order valence-electron chi connectivity index (χ0n) is 20.6. The first kappa shape index (κ1) is 24.5. The molecule has 10 nitrogen and oxygen atoms in total. The maximum absolute atomic E-state index is 12.3. The molecule has 4 rings (SSSR count). The van der Waals surface area contributed by atoms with E-state index in [-0.39, 0.29) is 36.3 Å². The predicted octanol–water partition coefficient (Wildman–Crippen LogP) is 2.03. The maximum atomic E-state index is 12.3. The molecule has 0 saturated carbocycles. The summed E-state index contributed by atoms with van der Waals surface area (Å²) in [4.78, 5) is 39.2. The minimum atomic E-state index is -0.237. The van der Waals surface area contributed by atoms with Crippen molar-refractivity contribution in [1.82, 2.24) is 19.8 Å². The lowest BCUT2D eigenvalue weighted by molar-refractivity contribution is -0.135. The van der Waals surface area contributed by atoms with Crippen LogP contribution in [0.15, 0.2) is 12.4 Å². The monoisotopic (exact) mass is 474 g/mol. The lowest BCUT2D eigenvalue weighted by Gasteiger charge is -2.34. The molecular formula is C24H38N6O4. The number of carbonyl (C=O) groups is 2. The largest absolute Gasteiger partial charge is 0.487 e. The van der Waals surface area contributed by atoms with Crippen LogP contribution in [0.2, 0.25) is 0 Å². The van der Waals surface area contributed by atoms with Gasteiger partial charge in [0.15, 0.2) is 5.75 Å². The summed E-state index contributed by atoms with van der Waals surface area (Å²) in [5, 5.41) is 0. The number of carbonyl (C=O) groups excluding carboxylic acids is 2. The van der Waals surface area contributed by atoms with Gasteiger partial charge in [-0.05, 0) is 52.4 Å². The van der Waals surface area contributed by atoms with Gasteiger partial charge in [0.25, 0.3) is 0 Å². The molecular weight excluding hydrogens is 436 g/mol. The third-order valence-corrected chi connectivity index (χ3v) is 7.11. The van der Waals surface area contributed by atoms with Crippen LogP contribution in [0.5, 0.6) is 5.75 Å². The maximum Gasteiger partial charge on any atom is 0.410 e. The molecule has 3 atom stereocenters. The van der Waals surface area contributed by atoms with Crippen LogP contribution in [0.3, 0.4) is 0 Å². The number of ether oxygens (including phenoxy) is 2. The van der Waals surface area contributed by atoms with E-state index in [2.05, 4.69) is 21.8 Å². The molecule has 1 aromatic heterocycles. The summed E-state index contributed by atoms with van der Waals surface area (Å²) in [7, 11) is 0. The first-order chi connectivity index (χ1) is 16.3. The van der Waals surface area contributed by atoms with E-state index in [1.54, 1.807) is 17.3 Å². The number of hydrogen-bond acceptors (Lipinski definition) is 8. The molecule has 1 aromatic rings. The highest BCUT2D eigenvalue weighted by Crippen LogP contribution is 2.26. The fraction of sp³-hybridized carbons (Fsp3) is 0.750. The van der Waals surface area contributed by atoms with Crippen molar-refractivity contribution in [3.05, 3.63) is 12.4 Å². The van der Waals surface area contributed by atoms with Gasteiger partial charge in [0.2, 0.25) is 11.9 Å². The number of anilines is 1. The van der Waals surface area contributed by atoms with E-state index in [4.69, 9.17) is 15.2 Å². The Balaban J connectivity index is 1.27. The molecule has 0 aliphatic carbocycles. The van der Waals surface area contributed by atoms with Crippen LogP contribution in [0.4, 0.5) is 10.7 Å². The highest BCUT2D eigenvalue weighted by atomic mass is 16.6. The molecule has 3 unspecified atom stereocenters. The standard InChI is InChI=1S/C24H38N6O4/c1-16(2)33-24(32)28-10-7-18(8-11-28)17(3)34-19-12-26-23(27-13-19)29-14-20(25)21(15-29)30-9-5-4-6-22(30)31/h12-13,16-18,20-21H,4-11,14-15,25H2,1-3H3. The first-order valence-corrected chi connectivity index (χ1v) is 12.6. The van der Waals surface area contributed by atoms with Crippen LogP contribution < -0.4 is 15.4 Å². The quantitative estimate of drug-likeness (QED) is 0.666. The van der Waals surface area contributed by atoms with Gasteiger partial charge < -0.3 is 29.9 Å². The summed E-state index contributed by atoms with van der Waals surface area (Å²) in [5.41, 5.74) is 6.38. The summed E-state index contributed by atoms with van der Waals surface area (Å²) in [6.07, 6.45) is 7.43. The van der Waals surface area contributed by atoms with E-state index in [0.29, 0.717) is 50.2 Å². The topological polar surface area (TPSA) is 114 Å². The second-order valence-corrected chi connectivity index (χ2v) is 9.98. The Bertz CT molecular complexity index is 842. The SMILES string of the molecule is CC(C)OC(=O)N1CCC(C(C)Oc2cnc(N3CC(N)C(N4CCCCC4=O)C3)nc2)CC1. The Morgan fingerprint density at radius 2 is 1.79 bits per heavy atom. The number of nitrogens with two attached hydrogens (primary N) is 1. The van der Waals surface area contributed by atoms with Crippen molar-refractivity contribution in [1.29, 1.82) is 0 Å². The molecule has 3 aliphatic rings. The fourth-order valence-electron chi connectivity index (χ4n) is 5.15. The average molecular weight is 475 g/mol. The number of hydrogen-bond donors (Lipinski definition) is 1. The third kappa shape index (κ3) is 5.71. The lowest BCUT2D eigenvalue weighted by atomic mass is 9.92. The van der Waals surface area contributed by atoms with Gasteiger partial charge in [-0.1, -0.05) is 0 Å². The Hall–Kier alpha value is -2.62. The zero-order chi connectivity index (χ0) is 24.2. The molecule has 3 fully saturated rings. The Kier molecular flexibility index (Phi) is 7.75. The Labute approximate surface area is 201 Å². The fourth-order valence-corrected chi connectivity index (χ4v) is 5.15. The van der Waals surface area contributed by atoms with Crippen LogP contribution in [0, 0.1) is 5.92 Å². The summed E-state index contributed by atoms with van der Waals surface area (Å²) in [6.45, 7) is 9.20. The van der Waals surface area contributed by atoms with E-state index in [0.717, 1.165) is 32.2 Å². The van der Waals surface area contributed by atoms with Gasteiger partial charge in [0, 0.05) is 45.2 Å². The zero-order valence-corrected chi connectivity index (χ0v) is 20.6. The molecule has 3 aliphatic heterocycles. The van der Waals surface area contributed by atoms with Gasteiger partial charge in [-0.2, -0.15) is 0 Å². The second kappa shape index (κ2) is 10.8. The highest BCUT2D eigenvalue weighted by Gasteiger charge is 2.38. The molecule has 2 amide bonds. The average Bonchev–Trinajstić information content (AvgIpc) is 3.20. The number of piperidine rings is 2. The summed E-state index contributed by atoms with van der Waals surface area (Å²) >= 11 is 0. The minimum absolute atomic E-state index is 0.00702. The van der Waals surface area contributed by atoms with E-state index >= 15 is 0 Å². The first-order valence-electron chi connectivity index (χ1n) is 12.6. The number of nitrogens with zero attached hydrogens (tertiary/aromatic N) is 5. The van der Waals surface area contributed by atoms with Crippen LogP contribution in [0.1, 0.15) is 52.9 Å². The van der Waals surface area contributed by atoms with Gasteiger partial charge in [0.05, 0.1) is 30.6 Å². The van der Waals surface area contributed by atoms with Gasteiger partial charge in [-0.15, -0.1) is 0 Å². The molecule has 3 saturated heterocycles. The van der Waals surface area contributed by atoms with E-state index < -0.39 is 0 Å². The van der Waals surface area contributed by atoms with E-state index in [1.165, 1.54) is 0 Å². The molecule has 2 N–H and O–H groups in total. The van der Waals surface area contributed by atoms with E-state index in [1.807, 2.05) is 18.7 Å². The molecule has 10 heteroatoms. The lowest BCUT2D eigenvalue weighted by Crippen LogP contribution is -2.51. The molecule has 0 bridgehead atoms. The second-order valence-electron chi connectivity index (χ2n) is 9.98. The van der Waals surface area contributed by atoms with Gasteiger partial charge in [-0.25, -0.2) is 14.8 Å². The number of amides is 2. The summed E-state index contributed by atoms with van der Waals surface area (Å²) in [5.74, 6) is 1.79. The Morgan fingerprint density at radius 1 is 1.09 bits per heavy atom. The normalized spacial score (nSPS) is 25.1. The van der Waals surface area contributed by atoms with Crippen molar-refractivity contribution in [2.45, 2.75) is 77.2 Å². The highest BCUT2D eigenvalue weighted by molar-refractivity contribution is 5.77. The molecule has 188 valence electrons. The van der Waals surface area contributed by atoms with Gasteiger partial charge in [0.1, 0.15) is 0 Å². The Morgan fingerprint density at radius 3 is 2.44 bits per heavy atom. The molecule has 0 aromatic carbocycles. The molecule has 4 heterocycles. The molecule has 34 heavy (non-hydrogen) atoms. The van der Waals surface area contributed by atoms with Crippen molar-refractivity contribution in [3.8, 4) is 5.75 Å². The summed E-state index contributed by atoms with van der Waals surface area (Å²) < 4.78 is 11.4. The number of aromatic nitrogens is 2. The smallest absolute Gasteiger partial charge is 0.410 e. The van der Waals surface area contributed by atoms with Crippen molar-refractivity contribution in [2.75, 3.05) is 37.6 Å². The predicted molar refractivity (Wildman–Crippen MR) is 128 cm³/mol. The van der Waals surface area contributed by atoms with Crippen molar-refractivity contribution < 1.29 is 19.1 Å². The van der Waals surface area contributed by atoms with Gasteiger partial charge in [-0.3, -0.25) is 4.79 Å². The molecule has 0 radical (unpaired) electrons. The van der Waals surface area contributed by atoms with Crippen LogP contribution >= 0.6 is 0 Å². The van der Waals surface area contributed by atoms with Crippen molar-refractivity contribution >= 4 is 17.9 Å². The van der Waals surface area contributed by atoms with Crippen LogP contribution in [-0.4, -0.2) is 88.8 Å². The van der Waals surface area contributed by atoms with Crippen LogP contribution in [-0.2, 0) is 9.53 Å². The van der Waals surface area contributed by atoms with E-state index in [9.17, 15) is 9.59 Å². The van der Waals surface area contributed by atoms with Gasteiger partial charge >= 0.3 is 6.09 Å². The third-order valence-electron chi connectivity index (χ3n) is 7.11. The molecule has 0 spiro atoms. The minimum Gasteiger partial charge on any atom is -0.487 e.